The lowest BCUT2D eigenvalue weighted by atomic mass is 10.2. The van der Waals surface area contributed by atoms with Crippen molar-refractivity contribution in [1.29, 1.82) is 0 Å². The van der Waals surface area contributed by atoms with Crippen LogP contribution in [0.25, 0.3) is 0 Å². The SMILES string of the molecule is Cc1ccc(NC(=O)NCCCCNC(=O)N(O)c2ccc(Br)cc2)cc1. The van der Waals surface area contributed by atoms with E-state index in [2.05, 4.69) is 31.9 Å². The maximum absolute atomic E-state index is 11.9. The number of nitrogens with one attached hydrogen (secondary N) is 3. The molecule has 0 spiro atoms. The van der Waals surface area contributed by atoms with Gasteiger partial charge in [-0.15, -0.1) is 0 Å². The summed E-state index contributed by atoms with van der Waals surface area (Å²) in [6.07, 6.45) is 1.37. The van der Waals surface area contributed by atoms with Gasteiger partial charge in [-0.1, -0.05) is 33.6 Å². The fourth-order valence-electron chi connectivity index (χ4n) is 2.23. The number of rotatable bonds is 7. The van der Waals surface area contributed by atoms with Crippen molar-refractivity contribution in [3.8, 4) is 0 Å². The molecule has 2 rings (SSSR count). The predicted molar refractivity (Wildman–Crippen MR) is 109 cm³/mol. The van der Waals surface area contributed by atoms with Crippen LogP contribution in [0, 0.1) is 6.92 Å². The van der Waals surface area contributed by atoms with E-state index in [4.69, 9.17) is 0 Å². The fraction of sp³-hybridized carbons (Fsp3) is 0.263. The minimum atomic E-state index is -0.595. The van der Waals surface area contributed by atoms with Gasteiger partial charge in [-0.3, -0.25) is 5.21 Å². The Morgan fingerprint density at radius 3 is 2.19 bits per heavy atom. The summed E-state index contributed by atoms with van der Waals surface area (Å²) in [5.41, 5.74) is 2.25. The number of hydrogen-bond acceptors (Lipinski definition) is 3. The third kappa shape index (κ3) is 7.28. The molecule has 4 amide bonds. The zero-order chi connectivity index (χ0) is 19.6. The highest BCUT2D eigenvalue weighted by Crippen LogP contribution is 2.17. The van der Waals surface area contributed by atoms with E-state index in [1.165, 1.54) is 0 Å². The van der Waals surface area contributed by atoms with Crippen molar-refractivity contribution < 1.29 is 14.8 Å². The van der Waals surface area contributed by atoms with Crippen molar-refractivity contribution in [2.24, 2.45) is 0 Å². The van der Waals surface area contributed by atoms with Crippen molar-refractivity contribution in [2.75, 3.05) is 23.5 Å². The topological polar surface area (TPSA) is 93.7 Å². The molecule has 0 saturated heterocycles. The monoisotopic (exact) mass is 434 g/mol. The number of amides is 4. The maximum Gasteiger partial charge on any atom is 0.345 e. The molecule has 0 fully saturated rings. The third-order valence-corrected chi connectivity index (χ3v) is 4.27. The Bertz CT molecular complexity index is 751. The van der Waals surface area contributed by atoms with E-state index >= 15 is 0 Å². The molecular weight excluding hydrogens is 412 g/mol. The number of aryl methyl sites for hydroxylation is 1. The molecule has 2 aromatic rings. The molecule has 144 valence electrons. The second-order valence-electron chi connectivity index (χ2n) is 5.97. The molecule has 0 atom stereocenters. The largest absolute Gasteiger partial charge is 0.345 e. The Morgan fingerprint density at radius 2 is 1.56 bits per heavy atom. The van der Waals surface area contributed by atoms with E-state index in [0.29, 0.717) is 36.7 Å². The fourth-order valence-corrected chi connectivity index (χ4v) is 2.50. The standard InChI is InChI=1S/C19H23BrN4O3/c1-14-4-8-16(9-5-14)23-18(25)21-12-2-3-13-22-19(26)24(27)17-10-6-15(20)7-11-17/h4-11,27H,2-3,12-13H2,1H3,(H,22,26)(H2,21,23,25). The summed E-state index contributed by atoms with van der Waals surface area (Å²) in [4.78, 5) is 23.6. The molecule has 0 bridgehead atoms. The van der Waals surface area contributed by atoms with Crippen LogP contribution in [0.1, 0.15) is 18.4 Å². The lowest BCUT2D eigenvalue weighted by Gasteiger charge is -2.16. The van der Waals surface area contributed by atoms with Crippen LogP contribution >= 0.6 is 15.9 Å². The van der Waals surface area contributed by atoms with Crippen molar-refractivity contribution in [2.45, 2.75) is 19.8 Å². The zero-order valence-electron chi connectivity index (χ0n) is 15.0. The Balaban J connectivity index is 1.58. The Labute approximate surface area is 166 Å². The molecule has 2 aromatic carbocycles. The molecule has 0 aliphatic heterocycles. The Kier molecular flexibility index (Phi) is 8.09. The summed E-state index contributed by atoms with van der Waals surface area (Å²) in [6.45, 7) is 2.87. The minimum Gasteiger partial charge on any atom is -0.338 e. The van der Waals surface area contributed by atoms with Crippen LogP contribution in [-0.4, -0.2) is 30.4 Å². The van der Waals surface area contributed by atoms with Gasteiger partial charge in [-0.2, -0.15) is 5.06 Å². The lowest BCUT2D eigenvalue weighted by molar-refractivity contribution is 0.204. The van der Waals surface area contributed by atoms with Crippen molar-refractivity contribution in [3.05, 3.63) is 58.6 Å². The zero-order valence-corrected chi connectivity index (χ0v) is 16.6. The smallest absolute Gasteiger partial charge is 0.338 e. The van der Waals surface area contributed by atoms with Gasteiger partial charge >= 0.3 is 12.1 Å². The molecular formula is C19H23BrN4O3. The first kappa shape index (κ1) is 20.7. The molecule has 8 heteroatoms. The predicted octanol–water partition coefficient (Wildman–Crippen LogP) is 4.26. The molecule has 0 heterocycles. The van der Waals surface area contributed by atoms with Gasteiger partial charge in [-0.05, 0) is 56.2 Å². The van der Waals surface area contributed by atoms with Gasteiger partial charge in [0, 0.05) is 23.2 Å². The van der Waals surface area contributed by atoms with Crippen molar-refractivity contribution >= 4 is 39.4 Å². The molecule has 0 aliphatic carbocycles. The van der Waals surface area contributed by atoms with Crippen LogP contribution in [0.15, 0.2) is 53.0 Å². The number of carbonyl (C=O) groups excluding carboxylic acids is 2. The summed E-state index contributed by atoms with van der Waals surface area (Å²) in [7, 11) is 0. The van der Waals surface area contributed by atoms with Gasteiger partial charge < -0.3 is 16.0 Å². The molecule has 7 nitrogen and oxygen atoms in total. The summed E-state index contributed by atoms with van der Waals surface area (Å²) < 4.78 is 0.860. The summed E-state index contributed by atoms with van der Waals surface area (Å²) in [6, 6.07) is 13.4. The number of halogens is 1. The number of hydrogen-bond donors (Lipinski definition) is 4. The minimum absolute atomic E-state index is 0.264. The molecule has 27 heavy (non-hydrogen) atoms. The van der Waals surface area contributed by atoms with Crippen LogP contribution in [0.4, 0.5) is 21.0 Å². The summed E-state index contributed by atoms with van der Waals surface area (Å²) in [5.74, 6) is 0. The molecule has 0 unspecified atom stereocenters. The first-order valence-corrected chi connectivity index (χ1v) is 9.39. The average molecular weight is 435 g/mol. The van der Waals surface area contributed by atoms with E-state index in [9.17, 15) is 14.8 Å². The second kappa shape index (κ2) is 10.5. The van der Waals surface area contributed by atoms with E-state index in [1.54, 1.807) is 24.3 Å². The van der Waals surface area contributed by atoms with Gasteiger partial charge in [0.05, 0.1) is 5.69 Å². The van der Waals surface area contributed by atoms with Gasteiger partial charge in [0.2, 0.25) is 0 Å². The van der Waals surface area contributed by atoms with Gasteiger partial charge in [0.25, 0.3) is 0 Å². The first-order chi connectivity index (χ1) is 13.0. The van der Waals surface area contributed by atoms with Crippen LogP contribution in [0.2, 0.25) is 0 Å². The number of carbonyl (C=O) groups is 2. The van der Waals surface area contributed by atoms with Crippen LogP contribution in [0.5, 0.6) is 0 Å². The van der Waals surface area contributed by atoms with Crippen LogP contribution in [-0.2, 0) is 0 Å². The molecule has 0 aliphatic rings. The number of anilines is 2. The molecule has 0 aromatic heterocycles. The molecule has 0 radical (unpaired) electrons. The Morgan fingerprint density at radius 1 is 0.963 bits per heavy atom. The Hall–Kier alpha value is -2.58. The van der Waals surface area contributed by atoms with E-state index in [0.717, 1.165) is 15.7 Å². The average Bonchev–Trinajstić information content (AvgIpc) is 2.66. The van der Waals surface area contributed by atoms with Gasteiger partial charge in [0.1, 0.15) is 0 Å². The van der Waals surface area contributed by atoms with E-state index in [1.807, 2.05) is 31.2 Å². The normalized spacial score (nSPS) is 10.2. The summed E-state index contributed by atoms with van der Waals surface area (Å²) in [5, 5.41) is 18.6. The number of benzene rings is 2. The van der Waals surface area contributed by atoms with Crippen molar-refractivity contribution in [1.82, 2.24) is 10.6 Å². The number of unbranched alkanes of at least 4 members (excludes halogenated alkanes) is 1. The van der Waals surface area contributed by atoms with Gasteiger partial charge in [0.15, 0.2) is 0 Å². The lowest BCUT2D eigenvalue weighted by Crippen LogP contribution is -2.38. The van der Waals surface area contributed by atoms with E-state index < -0.39 is 6.03 Å². The number of urea groups is 2. The van der Waals surface area contributed by atoms with Gasteiger partial charge in [-0.25, -0.2) is 9.59 Å². The number of hydroxylamine groups is 1. The molecule has 0 saturated carbocycles. The highest BCUT2D eigenvalue weighted by molar-refractivity contribution is 9.10. The maximum atomic E-state index is 11.9. The first-order valence-electron chi connectivity index (χ1n) is 8.59. The second-order valence-corrected chi connectivity index (χ2v) is 6.89. The quantitative estimate of drug-likeness (QED) is 0.297. The van der Waals surface area contributed by atoms with Crippen LogP contribution < -0.4 is 21.0 Å². The highest BCUT2D eigenvalue weighted by atomic mass is 79.9. The van der Waals surface area contributed by atoms with Crippen LogP contribution in [0.3, 0.4) is 0 Å². The third-order valence-electron chi connectivity index (χ3n) is 3.74. The van der Waals surface area contributed by atoms with E-state index in [-0.39, 0.29) is 6.03 Å². The number of nitrogens with zero attached hydrogens (tertiary/aromatic N) is 1. The van der Waals surface area contributed by atoms with Crippen molar-refractivity contribution in [3.63, 3.8) is 0 Å². The summed E-state index contributed by atoms with van der Waals surface area (Å²) >= 11 is 3.29. The molecule has 4 N–H and O–H groups in total. The highest BCUT2D eigenvalue weighted by Gasteiger charge is 2.12.